The first-order chi connectivity index (χ1) is 12.3. The molecule has 5 nitrogen and oxygen atoms in total. The molecule has 2 aromatic carbocycles. The maximum absolute atomic E-state index is 4.71. The van der Waals surface area contributed by atoms with E-state index in [4.69, 9.17) is 4.98 Å². The molecule has 0 fully saturated rings. The monoisotopic (exact) mass is 331 g/mol. The second-order valence-electron chi connectivity index (χ2n) is 6.16. The molecule has 1 aromatic heterocycles. The molecule has 0 unspecified atom stereocenters. The lowest BCUT2D eigenvalue weighted by atomic mass is 10.0. The fraction of sp³-hybridized carbons (Fsp3) is 0.250. The van der Waals surface area contributed by atoms with E-state index in [-0.39, 0.29) is 0 Å². The zero-order chi connectivity index (χ0) is 17.1. The summed E-state index contributed by atoms with van der Waals surface area (Å²) in [6.45, 7) is 3.06. The molecule has 4 rings (SSSR count). The summed E-state index contributed by atoms with van der Waals surface area (Å²) >= 11 is 0. The van der Waals surface area contributed by atoms with Crippen molar-refractivity contribution in [2.45, 2.75) is 26.2 Å². The van der Waals surface area contributed by atoms with Crippen LogP contribution in [0.4, 0.5) is 23.1 Å². The lowest BCUT2D eigenvalue weighted by Gasteiger charge is -2.29. The van der Waals surface area contributed by atoms with Gasteiger partial charge in [0.25, 0.3) is 5.95 Å². The van der Waals surface area contributed by atoms with Crippen molar-refractivity contribution in [3.05, 3.63) is 65.9 Å². The molecular formula is C20H21N5. The van der Waals surface area contributed by atoms with E-state index in [2.05, 4.69) is 69.8 Å². The number of nitrogens with one attached hydrogen (secondary N) is 1. The average molecular weight is 331 g/mol. The maximum Gasteiger partial charge on any atom is 0.251 e. The Hall–Kier alpha value is -2.95. The molecule has 25 heavy (non-hydrogen) atoms. The molecule has 0 bridgehead atoms. The second-order valence-corrected chi connectivity index (χ2v) is 6.16. The minimum Gasteiger partial charge on any atom is -0.339 e. The van der Waals surface area contributed by atoms with Crippen molar-refractivity contribution < 1.29 is 0 Å². The van der Waals surface area contributed by atoms with Crippen LogP contribution in [0.25, 0.3) is 0 Å². The van der Waals surface area contributed by atoms with Gasteiger partial charge in [0.1, 0.15) is 0 Å². The van der Waals surface area contributed by atoms with Gasteiger partial charge in [-0.25, -0.2) is 0 Å². The van der Waals surface area contributed by atoms with E-state index in [9.17, 15) is 0 Å². The minimum absolute atomic E-state index is 0.645. The van der Waals surface area contributed by atoms with Crippen LogP contribution in [0.2, 0.25) is 0 Å². The number of benzene rings is 2. The van der Waals surface area contributed by atoms with Crippen LogP contribution in [0.5, 0.6) is 0 Å². The number of para-hydroxylation sites is 2. The van der Waals surface area contributed by atoms with Crippen LogP contribution in [-0.4, -0.2) is 21.7 Å². The first-order valence-electron chi connectivity index (χ1n) is 8.75. The fourth-order valence-corrected chi connectivity index (χ4v) is 3.30. The van der Waals surface area contributed by atoms with Crippen LogP contribution in [0.1, 0.15) is 24.5 Å². The summed E-state index contributed by atoms with van der Waals surface area (Å²) < 4.78 is 0. The summed E-state index contributed by atoms with van der Waals surface area (Å²) in [5, 5.41) is 11.8. The third-order valence-electron chi connectivity index (χ3n) is 4.56. The summed E-state index contributed by atoms with van der Waals surface area (Å²) in [5.74, 6) is 1.36. The van der Waals surface area contributed by atoms with Crippen LogP contribution in [0, 0.1) is 0 Å². The Balaban J connectivity index is 1.65. The van der Waals surface area contributed by atoms with E-state index in [1.54, 1.807) is 6.20 Å². The quantitative estimate of drug-likeness (QED) is 0.774. The third-order valence-corrected chi connectivity index (χ3v) is 4.56. The third kappa shape index (κ3) is 3.18. The largest absolute Gasteiger partial charge is 0.339 e. The minimum atomic E-state index is 0.645. The number of aryl methyl sites for hydroxylation is 2. The van der Waals surface area contributed by atoms with Gasteiger partial charge in [0.05, 0.1) is 6.20 Å². The Morgan fingerprint density at radius 1 is 1.08 bits per heavy atom. The lowest BCUT2D eigenvalue weighted by molar-refractivity contribution is 0.742. The van der Waals surface area contributed by atoms with E-state index < -0.39 is 0 Å². The van der Waals surface area contributed by atoms with E-state index in [0.29, 0.717) is 11.8 Å². The number of aromatic nitrogens is 3. The molecule has 126 valence electrons. The standard InChI is InChI=1S/C20H21N5/c1-2-15-8-3-5-11-17(15)22-19-14-21-24-20(23-19)25-13-7-10-16-9-4-6-12-18(16)25/h3-6,8-9,11-12,14H,2,7,10,13H2,1H3,(H,22,23,24). The van der Waals surface area contributed by atoms with Crippen molar-refractivity contribution in [3.63, 3.8) is 0 Å². The second kappa shape index (κ2) is 6.89. The van der Waals surface area contributed by atoms with Gasteiger partial charge >= 0.3 is 0 Å². The molecule has 0 aliphatic carbocycles. The van der Waals surface area contributed by atoms with E-state index >= 15 is 0 Å². The van der Waals surface area contributed by atoms with Crippen molar-refractivity contribution in [2.75, 3.05) is 16.8 Å². The number of nitrogens with zero attached hydrogens (tertiary/aromatic N) is 4. The normalized spacial score (nSPS) is 13.4. The van der Waals surface area contributed by atoms with Crippen molar-refractivity contribution in [1.29, 1.82) is 0 Å². The highest BCUT2D eigenvalue weighted by Crippen LogP contribution is 2.31. The first kappa shape index (κ1) is 15.6. The van der Waals surface area contributed by atoms with Gasteiger partial charge in [-0.2, -0.15) is 10.1 Å². The molecule has 0 spiro atoms. The molecule has 0 radical (unpaired) electrons. The topological polar surface area (TPSA) is 53.9 Å². The van der Waals surface area contributed by atoms with E-state index in [0.717, 1.165) is 31.5 Å². The van der Waals surface area contributed by atoms with Gasteiger partial charge in [0.15, 0.2) is 5.82 Å². The van der Waals surface area contributed by atoms with Crippen LogP contribution >= 0.6 is 0 Å². The fourth-order valence-electron chi connectivity index (χ4n) is 3.30. The molecule has 1 aliphatic rings. The zero-order valence-electron chi connectivity index (χ0n) is 14.3. The lowest BCUT2D eigenvalue weighted by Crippen LogP contribution is -2.26. The number of rotatable bonds is 4. The Bertz CT molecular complexity index is 877. The van der Waals surface area contributed by atoms with E-state index in [1.165, 1.54) is 16.8 Å². The Labute approximate surface area is 147 Å². The zero-order valence-corrected chi connectivity index (χ0v) is 14.3. The van der Waals surface area contributed by atoms with Gasteiger partial charge in [0, 0.05) is 17.9 Å². The highest BCUT2D eigenvalue weighted by atomic mass is 15.3. The summed E-state index contributed by atoms with van der Waals surface area (Å²) in [6.07, 6.45) is 4.83. The van der Waals surface area contributed by atoms with Crippen molar-refractivity contribution in [1.82, 2.24) is 15.2 Å². The van der Waals surface area contributed by atoms with Gasteiger partial charge in [-0.15, -0.1) is 5.10 Å². The molecule has 0 amide bonds. The Kier molecular flexibility index (Phi) is 4.29. The predicted molar refractivity (Wildman–Crippen MR) is 101 cm³/mol. The molecular weight excluding hydrogens is 310 g/mol. The van der Waals surface area contributed by atoms with Gasteiger partial charge in [-0.1, -0.05) is 43.3 Å². The summed E-state index contributed by atoms with van der Waals surface area (Å²) in [7, 11) is 0. The highest BCUT2D eigenvalue weighted by Gasteiger charge is 2.20. The smallest absolute Gasteiger partial charge is 0.251 e. The van der Waals surface area contributed by atoms with Crippen LogP contribution in [0.3, 0.4) is 0 Å². The number of fused-ring (bicyclic) bond motifs is 1. The van der Waals surface area contributed by atoms with Crippen LogP contribution < -0.4 is 10.2 Å². The number of anilines is 4. The van der Waals surface area contributed by atoms with Crippen molar-refractivity contribution in [2.24, 2.45) is 0 Å². The Morgan fingerprint density at radius 3 is 2.84 bits per heavy atom. The molecule has 2 heterocycles. The van der Waals surface area contributed by atoms with Gasteiger partial charge in [-0.3, -0.25) is 0 Å². The number of hydrogen-bond donors (Lipinski definition) is 1. The van der Waals surface area contributed by atoms with Crippen molar-refractivity contribution in [3.8, 4) is 0 Å². The van der Waals surface area contributed by atoms with Crippen LogP contribution in [0.15, 0.2) is 54.7 Å². The van der Waals surface area contributed by atoms with Gasteiger partial charge in [-0.05, 0) is 42.5 Å². The van der Waals surface area contributed by atoms with Gasteiger partial charge in [0.2, 0.25) is 0 Å². The van der Waals surface area contributed by atoms with Crippen LogP contribution in [-0.2, 0) is 12.8 Å². The first-order valence-corrected chi connectivity index (χ1v) is 8.75. The average Bonchev–Trinajstić information content (AvgIpc) is 2.68. The summed E-state index contributed by atoms with van der Waals surface area (Å²) in [6, 6.07) is 16.7. The van der Waals surface area contributed by atoms with E-state index in [1.807, 2.05) is 6.07 Å². The summed E-state index contributed by atoms with van der Waals surface area (Å²) in [5.41, 5.74) is 4.84. The molecule has 0 atom stereocenters. The summed E-state index contributed by atoms with van der Waals surface area (Å²) in [4.78, 5) is 6.86. The molecule has 0 saturated carbocycles. The van der Waals surface area contributed by atoms with Gasteiger partial charge < -0.3 is 10.2 Å². The molecule has 5 heteroatoms. The Morgan fingerprint density at radius 2 is 1.92 bits per heavy atom. The molecule has 0 saturated heterocycles. The highest BCUT2D eigenvalue weighted by molar-refractivity contribution is 5.65. The SMILES string of the molecule is CCc1ccccc1Nc1cnnc(N2CCCc3ccccc32)n1. The molecule has 3 aromatic rings. The molecule has 1 aliphatic heterocycles. The van der Waals surface area contributed by atoms with Crippen molar-refractivity contribution >= 4 is 23.1 Å². The number of hydrogen-bond acceptors (Lipinski definition) is 5. The maximum atomic E-state index is 4.71. The molecule has 1 N–H and O–H groups in total. The predicted octanol–water partition coefficient (Wildman–Crippen LogP) is 4.26.